The molecular weight excluding hydrogens is 148 g/mol. The maximum Gasteiger partial charge on any atom is 0.164 e. The Bertz CT molecular complexity index is 485. The van der Waals surface area contributed by atoms with E-state index in [1.807, 2.05) is 0 Å². The molecule has 0 unspecified atom stereocenters. The number of ketones is 1. The summed E-state index contributed by atoms with van der Waals surface area (Å²) in [5.41, 5.74) is -1.74. The van der Waals surface area contributed by atoms with Crippen LogP contribution >= 0.6 is 0 Å². The highest BCUT2D eigenvalue weighted by Crippen LogP contribution is 2.37. The highest BCUT2D eigenvalue weighted by atomic mass is 16.1. The van der Waals surface area contributed by atoms with Gasteiger partial charge in [0.05, 0.1) is 0 Å². The van der Waals surface area contributed by atoms with Crippen LogP contribution in [-0.2, 0) is 5.41 Å². The van der Waals surface area contributed by atoms with Crippen LogP contribution in [0.2, 0.25) is 0 Å². The lowest BCUT2D eigenvalue weighted by atomic mass is 9.87. The second kappa shape index (κ2) is 2.19. The molecule has 0 amide bonds. The zero-order valence-electron chi connectivity index (χ0n) is 12.4. The number of hydrogen-bond acceptors (Lipinski definition) is 1. The number of carbonyl (C=O) groups is 1. The van der Waals surface area contributed by atoms with Crippen LogP contribution in [0.1, 0.15) is 44.3 Å². The monoisotopic (exact) mass is 166 g/mol. The predicted molar refractivity (Wildman–Crippen MR) is 48.4 cm³/mol. The van der Waals surface area contributed by atoms with Crippen LogP contribution in [0, 0.1) is 0 Å². The third-order valence-corrected chi connectivity index (χ3v) is 2.11. The minimum atomic E-state index is -2.75. The van der Waals surface area contributed by atoms with Gasteiger partial charge in [-0.1, -0.05) is 38.0 Å². The number of benzene rings is 1. The van der Waals surface area contributed by atoms with Crippen molar-refractivity contribution in [1.29, 1.82) is 0 Å². The summed E-state index contributed by atoms with van der Waals surface area (Å²) in [5, 5.41) is 0. The fraction of sp³-hybridized carbons (Fsp3) is 0.364. The molecule has 0 bridgehead atoms. The Hall–Kier alpha value is -1.11. The second-order valence-electron chi connectivity index (χ2n) is 3.05. The first-order valence-electron chi connectivity index (χ1n) is 6.74. The van der Waals surface area contributed by atoms with Gasteiger partial charge in [-0.15, -0.1) is 0 Å². The largest absolute Gasteiger partial charge is 0.294 e. The van der Waals surface area contributed by atoms with Crippen LogP contribution < -0.4 is 0 Å². The van der Waals surface area contributed by atoms with E-state index in [4.69, 9.17) is 8.22 Å². The first kappa shape index (κ1) is 3.33. The van der Waals surface area contributed by atoms with E-state index in [2.05, 4.69) is 0 Å². The molecule has 1 aromatic carbocycles. The van der Waals surface area contributed by atoms with Crippen molar-refractivity contribution in [3.63, 3.8) is 0 Å². The first-order valence-corrected chi connectivity index (χ1v) is 3.74. The molecule has 1 aliphatic carbocycles. The molecule has 0 heterocycles. The van der Waals surface area contributed by atoms with Gasteiger partial charge in [-0.25, -0.2) is 0 Å². The molecule has 0 aromatic heterocycles. The van der Waals surface area contributed by atoms with Gasteiger partial charge in [0.15, 0.2) is 5.78 Å². The van der Waals surface area contributed by atoms with Crippen molar-refractivity contribution in [2.45, 2.75) is 25.5 Å². The van der Waals surface area contributed by atoms with Crippen LogP contribution in [0.3, 0.4) is 0 Å². The number of carbonyl (C=O) groups excluding carboxylic acids is 1. The molecule has 0 spiro atoms. The fourth-order valence-corrected chi connectivity index (χ4v) is 1.53. The summed E-state index contributed by atoms with van der Waals surface area (Å²) >= 11 is 0. The van der Waals surface area contributed by atoms with Gasteiger partial charge in [-0.3, -0.25) is 4.79 Å². The zero-order valence-corrected chi connectivity index (χ0v) is 6.42. The number of rotatable bonds is 0. The lowest BCUT2D eigenvalue weighted by molar-refractivity contribution is 0.0979. The molecule has 0 atom stereocenters. The molecular formula is C11H12O. The number of Topliss-reactive ketones (excluding diaryl/α,β-unsaturated/α-hetero) is 1. The molecule has 1 aromatic rings. The van der Waals surface area contributed by atoms with Crippen molar-refractivity contribution in [3.05, 3.63) is 35.4 Å². The highest BCUT2D eigenvalue weighted by Gasteiger charge is 2.34. The lowest BCUT2D eigenvalue weighted by Gasteiger charge is -2.16. The summed E-state index contributed by atoms with van der Waals surface area (Å²) in [7, 11) is 0. The van der Waals surface area contributed by atoms with E-state index in [9.17, 15) is 4.79 Å². The Morgan fingerprint density at radius 3 is 2.92 bits per heavy atom. The SMILES string of the molecule is [2H]C([2H])([2H])C1(C([2H])([2H])[2H])CC(=O)c2ccccc21. The van der Waals surface area contributed by atoms with E-state index in [0.29, 0.717) is 0 Å². The molecule has 0 fully saturated rings. The van der Waals surface area contributed by atoms with Crippen molar-refractivity contribution in [3.8, 4) is 0 Å². The van der Waals surface area contributed by atoms with E-state index in [1.165, 1.54) is 12.1 Å². The summed E-state index contributed by atoms with van der Waals surface area (Å²) in [6.07, 6.45) is -0.487. The van der Waals surface area contributed by atoms with E-state index in [-0.39, 0.29) is 11.1 Å². The van der Waals surface area contributed by atoms with Gasteiger partial charge < -0.3 is 0 Å². The van der Waals surface area contributed by atoms with Gasteiger partial charge in [-0.05, 0) is 11.0 Å². The number of fused-ring (bicyclic) bond motifs is 1. The van der Waals surface area contributed by atoms with Gasteiger partial charge >= 0.3 is 0 Å². The van der Waals surface area contributed by atoms with Gasteiger partial charge in [0.1, 0.15) is 0 Å². The summed E-state index contributed by atoms with van der Waals surface area (Å²) in [6, 6.07) is 6.07. The third kappa shape index (κ3) is 0.893. The van der Waals surface area contributed by atoms with Crippen molar-refractivity contribution in [2.75, 3.05) is 0 Å². The van der Waals surface area contributed by atoms with E-state index >= 15 is 0 Å². The molecule has 0 saturated heterocycles. The summed E-state index contributed by atoms with van der Waals surface area (Å²) in [4.78, 5) is 11.9. The minimum absolute atomic E-state index is 0.120. The lowest BCUT2D eigenvalue weighted by Crippen LogP contribution is -2.12. The van der Waals surface area contributed by atoms with E-state index in [0.717, 1.165) is 0 Å². The maximum atomic E-state index is 11.9. The molecule has 0 saturated carbocycles. The Morgan fingerprint density at radius 2 is 2.17 bits per heavy atom. The van der Waals surface area contributed by atoms with Crippen LogP contribution in [0.5, 0.6) is 0 Å². The minimum Gasteiger partial charge on any atom is -0.294 e. The first-order chi connectivity index (χ1) is 8.11. The van der Waals surface area contributed by atoms with Gasteiger partial charge in [0.2, 0.25) is 0 Å². The van der Waals surface area contributed by atoms with Crippen molar-refractivity contribution >= 4 is 5.78 Å². The van der Waals surface area contributed by atoms with Crippen LogP contribution in [0.4, 0.5) is 0 Å². The molecule has 12 heavy (non-hydrogen) atoms. The van der Waals surface area contributed by atoms with Gasteiger partial charge in [0.25, 0.3) is 0 Å². The normalized spacial score (nSPS) is 28.8. The van der Waals surface area contributed by atoms with Gasteiger partial charge in [-0.2, -0.15) is 0 Å². The van der Waals surface area contributed by atoms with Crippen LogP contribution in [0.15, 0.2) is 24.3 Å². The summed E-state index contributed by atoms with van der Waals surface area (Å²) in [5.74, 6) is -0.419. The molecule has 0 radical (unpaired) electrons. The molecule has 62 valence electrons. The van der Waals surface area contributed by atoms with Crippen molar-refractivity contribution in [2.24, 2.45) is 0 Å². The van der Waals surface area contributed by atoms with Crippen LogP contribution in [-0.4, -0.2) is 5.78 Å². The second-order valence-corrected chi connectivity index (χ2v) is 3.05. The van der Waals surface area contributed by atoms with Crippen LogP contribution in [0.25, 0.3) is 0 Å². The molecule has 0 aliphatic heterocycles. The van der Waals surface area contributed by atoms with Gasteiger partial charge in [0, 0.05) is 20.2 Å². The average molecular weight is 166 g/mol. The standard InChI is InChI=1S/C11H12O/c1-11(2)7-10(12)8-5-3-4-6-9(8)11/h3-6H,7H2,1-2H3/i1D3,2D3. The Morgan fingerprint density at radius 1 is 1.42 bits per heavy atom. The molecule has 2 rings (SSSR count). The molecule has 1 aliphatic rings. The summed E-state index contributed by atoms with van der Waals surface area (Å²) < 4.78 is 45.4. The number of hydrogen-bond donors (Lipinski definition) is 0. The molecule has 1 heteroatoms. The predicted octanol–water partition coefficient (Wildman–Crippen LogP) is 2.55. The Balaban J connectivity index is 2.78. The smallest absolute Gasteiger partial charge is 0.164 e. The topological polar surface area (TPSA) is 17.1 Å². The van der Waals surface area contributed by atoms with Crippen molar-refractivity contribution < 1.29 is 13.0 Å². The Labute approximate surface area is 80.8 Å². The van der Waals surface area contributed by atoms with E-state index in [1.54, 1.807) is 12.1 Å². The summed E-state index contributed by atoms with van der Waals surface area (Å²) in [6.45, 7) is -5.50. The zero-order chi connectivity index (χ0) is 13.8. The average Bonchev–Trinajstić information content (AvgIpc) is 2.52. The third-order valence-electron chi connectivity index (χ3n) is 2.11. The fourth-order valence-electron chi connectivity index (χ4n) is 1.53. The Kier molecular flexibility index (Phi) is 0.608. The maximum absolute atomic E-state index is 11.9. The van der Waals surface area contributed by atoms with Crippen molar-refractivity contribution in [1.82, 2.24) is 0 Å². The molecule has 1 nitrogen and oxygen atoms in total. The quantitative estimate of drug-likeness (QED) is 0.579. The van der Waals surface area contributed by atoms with E-state index < -0.39 is 31.3 Å². The highest BCUT2D eigenvalue weighted by molar-refractivity contribution is 6.01. The molecule has 0 N–H and O–H groups in total.